The fourth-order valence-corrected chi connectivity index (χ4v) is 1.75. The quantitative estimate of drug-likeness (QED) is 0.630. The van der Waals surface area contributed by atoms with Crippen LogP contribution in [0.1, 0.15) is 15.9 Å². The van der Waals surface area contributed by atoms with Crippen molar-refractivity contribution in [2.75, 3.05) is 12.4 Å². The normalized spacial score (nSPS) is 10.0. The lowest BCUT2D eigenvalue weighted by Gasteiger charge is -2.08. The van der Waals surface area contributed by atoms with Crippen molar-refractivity contribution in [1.29, 1.82) is 0 Å². The van der Waals surface area contributed by atoms with Crippen LogP contribution in [-0.2, 0) is 0 Å². The number of Topliss-reactive ketones (excluding diaryl/α,β-unsaturated/α-hetero) is 1. The summed E-state index contributed by atoms with van der Waals surface area (Å²) >= 11 is 6.53. The van der Waals surface area contributed by atoms with Crippen LogP contribution in [-0.4, -0.2) is 18.2 Å². The summed E-state index contributed by atoms with van der Waals surface area (Å²) < 4.78 is 6.08. The van der Waals surface area contributed by atoms with Gasteiger partial charge in [0.1, 0.15) is 5.75 Å². The van der Waals surface area contributed by atoms with Crippen molar-refractivity contribution in [3.05, 3.63) is 27.7 Å². The van der Waals surface area contributed by atoms with Gasteiger partial charge in [0.2, 0.25) is 0 Å². The Morgan fingerprint density at radius 1 is 1.50 bits per heavy atom. The lowest BCUT2D eigenvalue weighted by Crippen LogP contribution is -2.03. The highest BCUT2D eigenvalue weighted by Crippen LogP contribution is 2.27. The van der Waals surface area contributed by atoms with Gasteiger partial charge in [0.05, 0.1) is 18.0 Å². The summed E-state index contributed by atoms with van der Waals surface area (Å²) in [6.45, 7) is 1.94. The topological polar surface area (TPSA) is 26.3 Å². The molecule has 1 rings (SSSR count). The largest absolute Gasteiger partial charge is 0.496 e. The minimum atomic E-state index is 0.0254. The molecule has 0 aromatic heterocycles. The lowest BCUT2D eigenvalue weighted by atomic mass is 10.1. The smallest absolute Gasteiger partial charge is 0.177 e. The van der Waals surface area contributed by atoms with Gasteiger partial charge in [-0.2, -0.15) is 0 Å². The number of carbonyl (C=O) groups is 1. The summed E-state index contributed by atoms with van der Waals surface area (Å²) in [4.78, 5) is 11.5. The Labute approximate surface area is 99.9 Å². The van der Waals surface area contributed by atoms with E-state index in [1.807, 2.05) is 19.1 Å². The van der Waals surface area contributed by atoms with Crippen LogP contribution in [0, 0.1) is 6.92 Å². The number of halogens is 2. The highest BCUT2D eigenvalue weighted by molar-refractivity contribution is 9.10. The molecule has 0 saturated carbocycles. The van der Waals surface area contributed by atoms with Gasteiger partial charge in [-0.25, -0.2) is 0 Å². The van der Waals surface area contributed by atoms with Crippen molar-refractivity contribution in [2.24, 2.45) is 0 Å². The van der Waals surface area contributed by atoms with Gasteiger partial charge in [0.25, 0.3) is 0 Å². The van der Waals surface area contributed by atoms with E-state index in [4.69, 9.17) is 4.74 Å². The minimum Gasteiger partial charge on any atom is -0.496 e. The lowest BCUT2D eigenvalue weighted by molar-refractivity contribution is 0.102. The van der Waals surface area contributed by atoms with E-state index in [1.165, 1.54) is 0 Å². The van der Waals surface area contributed by atoms with Crippen LogP contribution >= 0.6 is 31.9 Å². The zero-order chi connectivity index (χ0) is 10.7. The summed E-state index contributed by atoms with van der Waals surface area (Å²) in [5.74, 6) is 0.629. The van der Waals surface area contributed by atoms with Gasteiger partial charge in [0, 0.05) is 4.47 Å². The molecule has 0 amide bonds. The molecule has 0 N–H and O–H groups in total. The second-order valence-electron chi connectivity index (χ2n) is 2.86. The summed E-state index contributed by atoms with van der Waals surface area (Å²) in [6.07, 6.45) is 0. The van der Waals surface area contributed by atoms with Gasteiger partial charge in [-0.15, -0.1) is 0 Å². The molecule has 76 valence electrons. The summed E-state index contributed by atoms with van der Waals surface area (Å²) in [5, 5.41) is 0.310. The molecule has 0 heterocycles. The Balaban J connectivity index is 3.27. The number of aryl methyl sites for hydroxylation is 1. The average molecular weight is 322 g/mol. The molecule has 0 spiro atoms. The van der Waals surface area contributed by atoms with Gasteiger partial charge in [-0.1, -0.05) is 31.9 Å². The standard InChI is InChI=1S/C10H10Br2O2/c1-6-3-7(9(13)5-11)10(14-2)4-8(6)12/h3-4H,5H2,1-2H3. The first-order valence-corrected chi connectivity index (χ1v) is 5.95. The maximum Gasteiger partial charge on any atom is 0.177 e. The van der Waals surface area contributed by atoms with Gasteiger partial charge >= 0.3 is 0 Å². The summed E-state index contributed by atoms with van der Waals surface area (Å²) in [7, 11) is 1.56. The molecule has 0 radical (unpaired) electrons. The molecule has 0 aliphatic heterocycles. The SMILES string of the molecule is COc1cc(Br)c(C)cc1C(=O)CBr. The molecule has 0 saturated heterocycles. The third-order valence-corrected chi connectivity index (χ3v) is 3.27. The zero-order valence-electron chi connectivity index (χ0n) is 7.93. The highest BCUT2D eigenvalue weighted by Gasteiger charge is 2.12. The zero-order valence-corrected chi connectivity index (χ0v) is 11.1. The van der Waals surface area contributed by atoms with Crippen LogP contribution in [0.4, 0.5) is 0 Å². The first-order valence-electron chi connectivity index (χ1n) is 4.03. The van der Waals surface area contributed by atoms with Gasteiger partial charge in [-0.05, 0) is 24.6 Å². The van der Waals surface area contributed by atoms with E-state index in [0.717, 1.165) is 10.0 Å². The Hall–Kier alpha value is -0.350. The molecule has 0 bridgehead atoms. The predicted octanol–water partition coefficient (Wildman–Crippen LogP) is 3.34. The molecular formula is C10H10Br2O2. The van der Waals surface area contributed by atoms with E-state index in [9.17, 15) is 4.79 Å². The minimum absolute atomic E-state index is 0.0254. The van der Waals surface area contributed by atoms with Gasteiger partial charge < -0.3 is 4.74 Å². The maximum absolute atomic E-state index is 11.5. The molecule has 4 heteroatoms. The monoisotopic (exact) mass is 320 g/mol. The van der Waals surface area contributed by atoms with Crippen LogP contribution in [0.2, 0.25) is 0 Å². The number of carbonyl (C=O) groups excluding carboxylic acids is 1. The second-order valence-corrected chi connectivity index (χ2v) is 4.27. The van der Waals surface area contributed by atoms with Crippen molar-refractivity contribution >= 4 is 37.6 Å². The van der Waals surface area contributed by atoms with E-state index in [0.29, 0.717) is 16.6 Å². The Kier molecular flexibility index (Phi) is 4.13. The summed E-state index contributed by atoms with van der Waals surface area (Å²) in [6, 6.07) is 3.64. The average Bonchev–Trinajstić information content (AvgIpc) is 2.20. The molecular weight excluding hydrogens is 312 g/mol. The van der Waals surface area contributed by atoms with Crippen LogP contribution in [0.5, 0.6) is 5.75 Å². The Bertz CT molecular complexity index is 361. The first kappa shape index (κ1) is 11.7. The number of ether oxygens (including phenoxy) is 1. The fourth-order valence-electron chi connectivity index (χ4n) is 1.12. The van der Waals surface area contributed by atoms with Crippen LogP contribution in [0.25, 0.3) is 0 Å². The predicted molar refractivity (Wildman–Crippen MR) is 63.6 cm³/mol. The number of hydrogen-bond donors (Lipinski definition) is 0. The molecule has 1 aromatic carbocycles. The van der Waals surface area contributed by atoms with Crippen LogP contribution < -0.4 is 4.74 Å². The van der Waals surface area contributed by atoms with Crippen molar-refractivity contribution in [2.45, 2.75) is 6.92 Å². The molecule has 1 aromatic rings. The molecule has 14 heavy (non-hydrogen) atoms. The number of ketones is 1. The highest BCUT2D eigenvalue weighted by atomic mass is 79.9. The van der Waals surface area contributed by atoms with Crippen molar-refractivity contribution in [1.82, 2.24) is 0 Å². The van der Waals surface area contributed by atoms with Gasteiger partial charge in [0.15, 0.2) is 5.78 Å². The number of alkyl halides is 1. The van der Waals surface area contributed by atoms with Crippen molar-refractivity contribution in [3.8, 4) is 5.75 Å². The third-order valence-electron chi connectivity index (χ3n) is 1.90. The Morgan fingerprint density at radius 2 is 2.14 bits per heavy atom. The van der Waals surface area contributed by atoms with Crippen molar-refractivity contribution in [3.63, 3.8) is 0 Å². The molecule has 2 nitrogen and oxygen atoms in total. The molecule has 0 unspecified atom stereocenters. The number of rotatable bonds is 3. The van der Waals surface area contributed by atoms with Crippen molar-refractivity contribution < 1.29 is 9.53 Å². The maximum atomic E-state index is 11.5. The third kappa shape index (κ3) is 2.36. The molecule has 0 aliphatic rings. The van der Waals surface area contributed by atoms with E-state index >= 15 is 0 Å². The summed E-state index contributed by atoms with van der Waals surface area (Å²) in [5.41, 5.74) is 1.64. The first-order chi connectivity index (χ1) is 6.60. The van der Waals surface area contributed by atoms with Crippen LogP contribution in [0.3, 0.4) is 0 Å². The fraction of sp³-hybridized carbons (Fsp3) is 0.300. The number of hydrogen-bond acceptors (Lipinski definition) is 2. The molecule has 0 fully saturated rings. The number of methoxy groups -OCH3 is 1. The van der Waals surface area contributed by atoms with E-state index < -0.39 is 0 Å². The molecule has 0 aliphatic carbocycles. The van der Waals surface area contributed by atoms with Crippen LogP contribution in [0.15, 0.2) is 16.6 Å². The number of benzene rings is 1. The second kappa shape index (κ2) is 4.94. The van der Waals surface area contributed by atoms with E-state index in [-0.39, 0.29) is 5.78 Å². The van der Waals surface area contributed by atoms with E-state index in [2.05, 4.69) is 31.9 Å². The van der Waals surface area contributed by atoms with E-state index in [1.54, 1.807) is 7.11 Å². The Morgan fingerprint density at radius 3 is 2.64 bits per heavy atom. The molecule has 0 atom stereocenters. The van der Waals surface area contributed by atoms with Gasteiger partial charge in [-0.3, -0.25) is 4.79 Å².